The zero-order valence-corrected chi connectivity index (χ0v) is 32.8. The fraction of sp³-hybridized carbons (Fsp3) is 0.500. The van der Waals surface area contributed by atoms with Crippen molar-refractivity contribution in [3.8, 4) is 0 Å². The smallest absolute Gasteiger partial charge is 0.162 e. The van der Waals surface area contributed by atoms with Gasteiger partial charge in [-0.25, -0.2) is 0 Å². The van der Waals surface area contributed by atoms with Gasteiger partial charge in [-0.1, -0.05) is 156 Å². The molecule has 0 aromatic heterocycles. The molecular weight excluding hydrogens is 608 g/mol. The van der Waals surface area contributed by atoms with Crippen LogP contribution in [0.1, 0.15) is 152 Å². The summed E-state index contributed by atoms with van der Waals surface area (Å²) >= 11 is 17.8. The Morgan fingerprint density at radius 2 is 0.636 bits per heavy atom. The van der Waals surface area contributed by atoms with Gasteiger partial charge in [0.05, 0.1) is 0 Å². The first-order valence-corrected chi connectivity index (χ1v) is 24.2. The number of rotatable bonds is 11. The third-order valence-corrected chi connectivity index (χ3v) is 31.8. The summed E-state index contributed by atoms with van der Waals surface area (Å²) in [4.78, 5) is 0. The standard InChI is InChI=1S/C40H56Cl2Si2/c1-25(2)31-21-35(27(5)6)39(36(22-31)28(7)8)43(41,33-17-13-14-18-33)44(42,34-19-15-16-20-34)40-37(29(9)10)23-32(26(3)4)24-38(40)30(11)12/h13-30,33-34H,1-12H3. The quantitative estimate of drug-likeness (QED) is 0.166. The summed E-state index contributed by atoms with van der Waals surface area (Å²) < 4.78 is 0. The van der Waals surface area contributed by atoms with Crippen LogP contribution in [-0.4, -0.2) is 13.8 Å². The second-order valence-electron chi connectivity index (χ2n) is 15.1. The SMILES string of the molecule is CC(C)c1cc(C(C)C)c([Si](Cl)(C2C=CC=C2)[Si](Cl)(c2c(C(C)C)cc(C(C)C)cc2C(C)C)C2C=CC=C2)c(C(C)C)c1. The van der Waals surface area contributed by atoms with Gasteiger partial charge in [-0.2, -0.15) is 22.2 Å². The van der Waals surface area contributed by atoms with Gasteiger partial charge in [0.1, 0.15) is 0 Å². The Morgan fingerprint density at radius 1 is 0.409 bits per heavy atom. The van der Waals surface area contributed by atoms with Crippen LogP contribution in [0.25, 0.3) is 0 Å². The minimum absolute atomic E-state index is 0.112. The third kappa shape index (κ3) is 6.10. The maximum atomic E-state index is 8.88. The second-order valence-corrected chi connectivity index (χ2v) is 30.5. The van der Waals surface area contributed by atoms with Crippen LogP contribution in [0.3, 0.4) is 0 Å². The molecule has 0 spiro atoms. The van der Waals surface area contributed by atoms with Crippen molar-refractivity contribution in [1.82, 2.24) is 0 Å². The van der Waals surface area contributed by atoms with Gasteiger partial charge in [0.2, 0.25) is 13.8 Å². The van der Waals surface area contributed by atoms with Crippen LogP contribution in [0.4, 0.5) is 0 Å². The van der Waals surface area contributed by atoms with Crippen LogP contribution < -0.4 is 10.4 Å². The zero-order valence-electron chi connectivity index (χ0n) is 29.3. The van der Waals surface area contributed by atoms with Gasteiger partial charge >= 0.3 is 0 Å². The van der Waals surface area contributed by atoms with Gasteiger partial charge in [-0.15, -0.1) is 0 Å². The lowest BCUT2D eigenvalue weighted by atomic mass is 9.89. The molecule has 0 fully saturated rings. The minimum Gasteiger partial charge on any atom is -0.162 e. The first-order valence-electron chi connectivity index (χ1n) is 17.0. The molecule has 2 unspecified atom stereocenters. The first kappa shape index (κ1) is 35.3. The summed E-state index contributed by atoms with van der Waals surface area (Å²) in [5, 5.41) is 2.84. The van der Waals surface area contributed by atoms with Crippen LogP contribution in [0, 0.1) is 0 Å². The van der Waals surface area contributed by atoms with Crippen molar-refractivity contribution in [1.29, 1.82) is 0 Å². The number of benzene rings is 2. The Balaban J connectivity index is 2.30. The van der Waals surface area contributed by atoms with Gasteiger partial charge in [-0.3, -0.25) is 0 Å². The molecule has 0 aliphatic heterocycles. The first-order chi connectivity index (χ1) is 20.6. The molecule has 4 rings (SSSR count). The number of hydrogen-bond donors (Lipinski definition) is 0. The highest BCUT2D eigenvalue weighted by molar-refractivity contribution is 7.79. The van der Waals surface area contributed by atoms with E-state index in [9.17, 15) is 0 Å². The van der Waals surface area contributed by atoms with Crippen molar-refractivity contribution in [3.63, 3.8) is 0 Å². The molecule has 2 aliphatic carbocycles. The van der Waals surface area contributed by atoms with E-state index in [0.717, 1.165) is 0 Å². The van der Waals surface area contributed by atoms with Crippen LogP contribution in [0.5, 0.6) is 0 Å². The summed E-state index contributed by atoms with van der Waals surface area (Å²) in [6, 6.07) is 9.96. The molecule has 0 heterocycles. The van der Waals surface area contributed by atoms with Crippen LogP contribution >= 0.6 is 22.2 Å². The van der Waals surface area contributed by atoms with Gasteiger partial charge in [0, 0.05) is 11.1 Å². The van der Waals surface area contributed by atoms with Crippen LogP contribution in [0.15, 0.2) is 72.9 Å². The fourth-order valence-electron chi connectivity index (χ4n) is 7.33. The Morgan fingerprint density at radius 3 is 0.818 bits per heavy atom. The highest BCUT2D eigenvalue weighted by Gasteiger charge is 2.65. The summed E-state index contributed by atoms with van der Waals surface area (Å²) in [5.41, 5.74) is 8.68. The topological polar surface area (TPSA) is 0 Å². The molecule has 4 heteroatoms. The van der Waals surface area contributed by atoms with Crippen LogP contribution in [-0.2, 0) is 0 Å². The zero-order chi connectivity index (χ0) is 32.7. The minimum atomic E-state index is -3.12. The van der Waals surface area contributed by atoms with E-state index in [4.69, 9.17) is 22.2 Å². The van der Waals surface area contributed by atoms with E-state index in [2.05, 4.69) is 156 Å². The van der Waals surface area contributed by atoms with Gasteiger partial charge in [0.15, 0.2) is 0 Å². The van der Waals surface area contributed by atoms with E-state index in [1.165, 1.54) is 43.8 Å². The predicted octanol–water partition coefficient (Wildman–Crippen LogP) is 12.0. The average molecular weight is 664 g/mol. The molecule has 0 N–H and O–H groups in total. The molecule has 0 bridgehead atoms. The highest BCUT2D eigenvalue weighted by Crippen LogP contribution is 2.51. The maximum Gasteiger partial charge on any atom is 0.211 e. The lowest BCUT2D eigenvalue weighted by molar-refractivity contribution is 0.810. The van der Waals surface area contributed by atoms with Crippen molar-refractivity contribution < 1.29 is 0 Å². The summed E-state index contributed by atoms with van der Waals surface area (Å²) in [7, 11) is 0. The second kappa shape index (κ2) is 13.6. The average Bonchev–Trinajstić information content (AvgIpc) is 3.70. The molecule has 0 saturated heterocycles. The Hall–Kier alpha value is -1.59. The van der Waals surface area contributed by atoms with E-state index in [1.54, 1.807) is 0 Å². The highest BCUT2D eigenvalue weighted by atomic mass is 35.6. The van der Waals surface area contributed by atoms with E-state index in [1.807, 2.05) is 0 Å². The van der Waals surface area contributed by atoms with E-state index in [-0.39, 0.29) is 11.1 Å². The molecule has 0 amide bonds. The third-order valence-electron chi connectivity index (χ3n) is 9.94. The molecule has 0 nitrogen and oxygen atoms in total. The lowest BCUT2D eigenvalue weighted by Crippen LogP contribution is -2.75. The Bertz CT molecular complexity index is 1280. The van der Waals surface area contributed by atoms with Crippen molar-refractivity contribution in [2.75, 3.05) is 0 Å². The summed E-state index contributed by atoms with van der Waals surface area (Å²) in [5.74, 6) is 2.23. The van der Waals surface area contributed by atoms with Crippen LogP contribution in [0.2, 0.25) is 11.1 Å². The Labute approximate surface area is 281 Å². The summed E-state index contributed by atoms with van der Waals surface area (Å²) in [6.07, 6.45) is 18.4. The molecule has 2 aliphatic rings. The normalized spacial score (nSPS) is 18.4. The van der Waals surface area contributed by atoms with Crippen molar-refractivity contribution in [2.45, 2.75) is 130 Å². The van der Waals surface area contributed by atoms with Gasteiger partial charge < -0.3 is 0 Å². The molecular formula is C40H56Cl2Si2. The molecule has 2 aromatic rings. The number of halogens is 2. The Kier molecular flexibility index (Phi) is 10.9. The van der Waals surface area contributed by atoms with Crippen molar-refractivity contribution in [3.05, 3.63) is 106 Å². The largest absolute Gasteiger partial charge is 0.211 e. The summed E-state index contributed by atoms with van der Waals surface area (Å²) in [6.45, 7) is 21.8. The van der Waals surface area contributed by atoms with Gasteiger partial charge in [0.25, 0.3) is 0 Å². The molecule has 2 atom stereocenters. The lowest BCUT2D eigenvalue weighted by Gasteiger charge is -2.49. The monoisotopic (exact) mass is 662 g/mol. The molecule has 2 aromatic carbocycles. The maximum absolute atomic E-state index is 8.88. The van der Waals surface area contributed by atoms with E-state index >= 15 is 0 Å². The number of hydrogen-bond acceptors (Lipinski definition) is 0. The van der Waals surface area contributed by atoms with E-state index < -0.39 is 13.8 Å². The van der Waals surface area contributed by atoms with Crippen molar-refractivity contribution in [2.24, 2.45) is 0 Å². The van der Waals surface area contributed by atoms with E-state index in [0.29, 0.717) is 35.5 Å². The predicted molar refractivity (Wildman–Crippen MR) is 204 cm³/mol. The number of allylic oxidation sites excluding steroid dienone is 8. The molecule has 238 valence electrons. The van der Waals surface area contributed by atoms with Gasteiger partial charge in [-0.05, 0) is 79.3 Å². The molecule has 0 saturated carbocycles. The molecule has 44 heavy (non-hydrogen) atoms. The van der Waals surface area contributed by atoms with Crippen molar-refractivity contribution >= 4 is 46.3 Å². The fourth-order valence-corrected chi connectivity index (χ4v) is 28.5. The molecule has 0 radical (unpaired) electrons.